The Morgan fingerprint density at radius 2 is 2.00 bits per heavy atom. The minimum absolute atomic E-state index is 0.0353. The third kappa shape index (κ3) is 1.53. The fourth-order valence-corrected chi connectivity index (χ4v) is 1.27. The van der Waals surface area contributed by atoms with Gasteiger partial charge in [0, 0.05) is 5.56 Å². The molecule has 0 fully saturated rings. The van der Waals surface area contributed by atoms with Crippen LogP contribution in [0.4, 0.5) is 4.39 Å². The highest BCUT2D eigenvalue weighted by Crippen LogP contribution is 2.31. The van der Waals surface area contributed by atoms with Gasteiger partial charge in [-0.05, 0) is 18.1 Å². The first kappa shape index (κ1) is 9.33. The van der Waals surface area contributed by atoms with Crippen molar-refractivity contribution in [3.63, 3.8) is 0 Å². The lowest BCUT2D eigenvalue weighted by Crippen LogP contribution is -1.94. The summed E-state index contributed by atoms with van der Waals surface area (Å²) in [6, 6.07) is 2.75. The second-order valence-corrected chi connectivity index (χ2v) is 3.36. The lowest BCUT2D eigenvalue weighted by atomic mass is 10.0. The molecule has 66 valence electrons. The van der Waals surface area contributed by atoms with Gasteiger partial charge in [0.25, 0.3) is 0 Å². The van der Waals surface area contributed by atoms with Crippen LogP contribution in [0.3, 0.4) is 0 Å². The van der Waals surface area contributed by atoms with Gasteiger partial charge in [-0.2, -0.15) is 0 Å². The van der Waals surface area contributed by atoms with Crippen LogP contribution in [0.1, 0.15) is 25.3 Å². The number of benzene rings is 1. The number of aromatic hydroxyl groups is 1. The van der Waals surface area contributed by atoms with Crippen molar-refractivity contribution in [1.29, 1.82) is 0 Å². The molecular weight excluding hydrogens is 179 g/mol. The van der Waals surface area contributed by atoms with Crippen LogP contribution < -0.4 is 0 Å². The van der Waals surface area contributed by atoms with E-state index in [1.807, 2.05) is 0 Å². The number of phenolic OH excluding ortho intramolecular Hbond substituents is 1. The molecule has 0 aliphatic rings. The van der Waals surface area contributed by atoms with Crippen molar-refractivity contribution in [2.75, 3.05) is 0 Å². The Labute approximate surface area is 75.8 Å². The largest absolute Gasteiger partial charge is 0.508 e. The molecular formula is C9H10ClFO. The van der Waals surface area contributed by atoms with Crippen LogP contribution >= 0.6 is 11.6 Å². The molecule has 0 heterocycles. The number of hydrogen-bond acceptors (Lipinski definition) is 1. The predicted octanol–water partition coefficient (Wildman–Crippen LogP) is 3.31. The van der Waals surface area contributed by atoms with Gasteiger partial charge in [-0.25, -0.2) is 4.39 Å². The number of phenols is 1. The summed E-state index contributed by atoms with van der Waals surface area (Å²) in [4.78, 5) is 0. The third-order valence-corrected chi connectivity index (χ3v) is 1.98. The van der Waals surface area contributed by atoms with Crippen molar-refractivity contribution in [2.45, 2.75) is 19.8 Å². The number of rotatable bonds is 1. The second kappa shape index (κ2) is 3.31. The molecule has 1 N–H and O–H groups in total. The van der Waals surface area contributed by atoms with Gasteiger partial charge in [0.1, 0.15) is 11.6 Å². The number of halogens is 2. The summed E-state index contributed by atoms with van der Waals surface area (Å²) in [7, 11) is 0. The Bertz CT molecular complexity index is 297. The van der Waals surface area contributed by atoms with Crippen LogP contribution in [0, 0.1) is 5.82 Å². The molecule has 0 radical (unpaired) electrons. The minimum Gasteiger partial charge on any atom is -0.508 e. The molecule has 0 unspecified atom stereocenters. The first-order valence-corrected chi connectivity index (χ1v) is 4.08. The first-order chi connectivity index (χ1) is 5.54. The van der Waals surface area contributed by atoms with Gasteiger partial charge in [-0.1, -0.05) is 25.4 Å². The SMILES string of the molecule is CC(C)c1c(O)ccc(Cl)c1F. The van der Waals surface area contributed by atoms with Crippen molar-refractivity contribution in [3.8, 4) is 5.75 Å². The molecule has 0 saturated carbocycles. The zero-order valence-corrected chi connectivity index (χ0v) is 7.69. The average molecular weight is 189 g/mol. The van der Waals surface area contributed by atoms with E-state index in [0.29, 0.717) is 0 Å². The summed E-state index contributed by atoms with van der Waals surface area (Å²) < 4.78 is 13.2. The topological polar surface area (TPSA) is 20.2 Å². The smallest absolute Gasteiger partial charge is 0.148 e. The van der Waals surface area contributed by atoms with E-state index in [-0.39, 0.29) is 22.3 Å². The molecule has 1 nitrogen and oxygen atoms in total. The lowest BCUT2D eigenvalue weighted by Gasteiger charge is -2.09. The Balaban J connectivity index is 3.33. The van der Waals surface area contributed by atoms with E-state index >= 15 is 0 Å². The molecule has 1 aromatic carbocycles. The molecule has 0 atom stereocenters. The van der Waals surface area contributed by atoms with Gasteiger partial charge in [0.2, 0.25) is 0 Å². The minimum atomic E-state index is -0.522. The summed E-state index contributed by atoms with van der Waals surface area (Å²) >= 11 is 5.54. The van der Waals surface area contributed by atoms with Gasteiger partial charge in [-0.15, -0.1) is 0 Å². The van der Waals surface area contributed by atoms with Crippen LogP contribution in [-0.2, 0) is 0 Å². The molecule has 0 aliphatic heterocycles. The first-order valence-electron chi connectivity index (χ1n) is 3.71. The fraction of sp³-hybridized carbons (Fsp3) is 0.333. The lowest BCUT2D eigenvalue weighted by molar-refractivity contribution is 0.454. The summed E-state index contributed by atoms with van der Waals surface area (Å²) in [5, 5.41) is 9.34. The zero-order valence-electron chi connectivity index (χ0n) is 6.94. The molecule has 1 aromatic rings. The summed E-state index contributed by atoms with van der Waals surface area (Å²) in [5.74, 6) is -0.623. The molecule has 0 saturated heterocycles. The summed E-state index contributed by atoms with van der Waals surface area (Å²) in [6.45, 7) is 3.60. The van der Waals surface area contributed by atoms with E-state index in [1.165, 1.54) is 12.1 Å². The van der Waals surface area contributed by atoms with E-state index in [9.17, 15) is 9.50 Å². The van der Waals surface area contributed by atoms with E-state index in [4.69, 9.17) is 11.6 Å². The van der Waals surface area contributed by atoms with Crippen molar-refractivity contribution < 1.29 is 9.50 Å². The van der Waals surface area contributed by atoms with Crippen LogP contribution in [0.25, 0.3) is 0 Å². The Morgan fingerprint density at radius 3 is 2.42 bits per heavy atom. The molecule has 3 heteroatoms. The second-order valence-electron chi connectivity index (χ2n) is 2.95. The molecule has 0 amide bonds. The molecule has 12 heavy (non-hydrogen) atoms. The van der Waals surface area contributed by atoms with Crippen LogP contribution in [0.5, 0.6) is 5.75 Å². The Hall–Kier alpha value is -0.760. The van der Waals surface area contributed by atoms with Crippen LogP contribution in [-0.4, -0.2) is 5.11 Å². The highest BCUT2D eigenvalue weighted by molar-refractivity contribution is 6.30. The normalized spacial score (nSPS) is 10.8. The molecule has 0 bridgehead atoms. The van der Waals surface area contributed by atoms with Gasteiger partial charge < -0.3 is 5.11 Å². The standard InChI is InChI=1S/C9H10ClFO/c1-5(2)8-7(12)4-3-6(10)9(8)11/h3-5,12H,1-2H3. The van der Waals surface area contributed by atoms with Gasteiger partial charge in [-0.3, -0.25) is 0 Å². The van der Waals surface area contributed by atoms with Crippen molar-refractivity contribution in [3.05, 3.63) is 28.5 Å². The predicted molar refractivity (Wildman–Crippen MR) is 47.2 cm³/mol. The highest BCUT2D eigenvalue weighted by Gasteiger charge is 2.14. The maximum atomic E-state index is 13.2. The van der Waals surface area contributed by atoms with Crippen LogP contribution in [0.15, 0.2) is 12.1 Å². The van der Waals surface area contributed by atoms with Crippen molar-refractivity contribution >= 4 is 11.6 Å². The molecule has 1 rings (SSSR count). The van der Waals surface area contributed by atoms with E-state index < -0.39 is 5.82 Å². The van der Waals surface area contributed by atoms with Crippen LogP contribution in [0.2, 0.25) is 5.02 Å². The van der Waals surface area contributed by atoms with Crippen molar-refractivity contribution in [2.24, 2.45) is 0 Å². The monoisotopic (exact) mass is 188 g/mol. The van der Waals surface area contributed by atoms with Gasteiger partial charge >= 0.3 is 0 Å². The van der Waals surface area contributed by atoms with Crippen molar-refractivity contribution in [1.82, 2.24) is 0 Å². The summed E-state index contributed by atoms with van der Waals surface area (Å²) in [5.41, 5.74) is 0.280. The maximum Gasteiger partial charge on any atom is 0.148 e. The Morgan fingerprint density at radius 1 is 1.42 bits per heavy atom. The highest BCUT2D eigenvalue weighted by atomic mass is 35.5. The molecule has 0 spiro atoms. The maximum absolute atomic E-state index is 13.2. The van der Waals surface area contributed by atoms with E-state index in [0.717, 1.165) is 0 Å². The van der Waals surface area contributed by atoms with E-state index in [1.54, 1.807) is 13.8 Å². The van der Waals surface area contributed by atoms with E-state index in [2.05, 4.69) is 0 Å². The summed E-state index contributed by atoms with van der Waals surface area (Å²) in [6.07, 6.45) is 0. The van der Waals surface area contributed by atoms with Gasteiger partial charge in [0.05, 0.1) is 5.02 Å². The average Bonchev–Trinajstić information content (AvgIpc) is 1.97. The molecule has 0 aromatic heterocycles. The van der Waals surface area contributed by atoms with Gasteiger partial charge in [0.15, 0.2) is 0 Å². The quantitative estimate of drug-likeness (QED) is 0.717. The Kier molecular flexibility index (Phi) is 2.58. The number of hydrogen-bond donors (Lipinski definition) is 1. The molecule has 0 aliphatic carbocycles. The fourth-order valence-electron chi connectivity index (χ4n) is 1.11. The third-order valence-electron chi connectivity index (χ3n) is 1.69. The zero-order chi connectivity index (χ0) is 9.30.